The van der Waals surface area contributed by atoms with E-state index in [0.29, 0.717) is 5.56 Å². The zero-order chi connectivity index (χ0) is 12.9. The van der Waals surface area contributed by atoms with Gasteiger partial charge in [0.15, 0.2) is 5.78 Å². The number of ketones is 1. The summed E-state index contributed by atoms with van der Waals surface area (Å²) in [5.41, 5.74) is 0.274. The smallest absolute Gasteiger partial charge is 0.184 e. The van der Waals surface area contributed by atoms with Gasteiger partial charge in [-0.2, -0.15) is 0 Å². The third-order valence-corrected chi connectivity index (χ3v) is 3.56. The fourth-order valence-electron chi connectivity index (χ4n) is 2.26. The molecule has 17 heavy (non-hydrogen) atoms. The Bertz CT molecular complexity index is 360. The summed E-state index contributed by atoms with van der Waals surface area (Å²) in [6, 6.07) is 3.65. The first kappa shape index (κ1) is 13.8. The van der Waals surface area contributed by atoms with Crippen molar-refractivity contribution in [1.29, 1.82) is 0 Å². The summed E-state index contributed by atoms with van der Waals surface area (Å²) in [4.78, 5) is 18.8. The number of hydrogen-bond acceptors (Lipinski definition) is 3. The van der Waals surface area contributed by atoms with E-state index in [9.17, 15) is 4.79 Å². The molecule has 0 saturated carbocycles. The second-order valence-corrected chi connectivity index (χ2v) is 4.37. The Balaban J connectivity index is 3.05. The fourth-order valence-corrected chi connectivity index (χ4v) is 2.26. The minimum atomic E-state index is -0.424. The van der Waals surface area contributed by atoms with E-state index in [1.54, 1.807) is 12.4 Å². The van der Waals surface area contributed by atoms with Crippen LogP contribution >= 0.6 is 0 Å². The Kier molecular flexibility index (Phi) is 4.82. The molecule has 0 fully saturated rings. The minimum Gasteiger partial charge on any atom is -0.292 e. The number of Topliss-reactive ketones (excluding diaryl/α,β-unsaturated/α-hetero) is 1. The number of carbonyl (C=O) groups is 1. The van der Waals surface area contributed by atoms with E-state index in [1.807, 2.05) is 19.1 Å². The van der Waals surface area contributed by atoms with Crippen molar-refractivity contribution in [3.05, 3.63) is 30.1 Å². The zero-order valence-electron chi connectivity index (χ0n) is 11.2. The highest BCUT2D eigenvalue weighted by atomic mass is 16.1. The Morgan fingerprint density at radius 2 is 2.00 bits per heavy atom. The minimum absolute atomic E-state index is 0.164. The predicted octanol–water partition coefficient (Wildman–Crippen LogP) is 2.77. The quantitative estimate of drug-likeness (QED) is 0.710. The molecule has 0 saturated heterocycles. The van der Waals surface area contributed by atoms with Crippen molar-refractivity contribution in [2.24, 2.45) is 0 Å². The van der Waals surface area contributed by atoms with Gasteiger partial charge in [-0.1, -0.05) is 20.8 Å². The molecule has 0 aromatic carbocycles. The van der Waals surface area contributed by atoms with Gasteiger partial charge in [0, 0.05) is 18.0 Å². The SMILES string of the molecule is CCN(CC)C(C)(CC)C(=O)c1cccnc1. The molecule has 1 rings (SSSR count). The molecule has 1 unspecified atom stereocenters. The lowest BCUT2D eigenvalue weighted by Gasteiger charge is -2.38. The maximum Gasteiger partial charge on any atom is 0.184 e. The average Bonchev–Trinajstić information content (AvgIpc) is 2.39. The van der Waals surface area contributed by atoms with Crippen molar-refractivity contribution in [2.45, 2.75) is 39.7 Å². The van der Waals surface area contributed by atoms with E-state index in [1.165, 1.54) is 0 Å². The van der Waals surface area contributed by atoms with E-state index < -0.39 is 5.54 Å². The van der Waals surface area contributed by atoms with E-state index >= 15 is 0 Å². The van der Waals surface area contributed by atoms with Crippen molar-refractivity contribution < 1.29 is 4.79 Å². The van der Waals surface area contributed by atoms with Gasteiger partial charge < -0.3 is 0 Å². The molecule has 0 aliphatic carbocycles. The van der Waals surface area contributed by atoms with Gasteiger partial charge in [-0.05, 0) is 38.6 Å². The van der Waals surface area contributed by atoms with Crippen LogP contribution in [0.1, 0.15) is 44.5 Å². The summed E-state index contributed by atoms with van der Waals surface area (Å²) in [5.74, 6) is 0.164. The number of pyridine rings is 1. The molecule has 0 radical (unpaired) electrons. The lowest BCUT2D eigenvalue weighted by Crippen LogP contribution is -2.51. The lowest BCUT2D eigenvalue weighted by atomic mass is 9.87. The summed E-state index contributed by atoms with van der Waals surface area (Å²) in [5, 5.41) is 0. The third kappa shape index (κ3) is 2.72. The molecule has 0 bridgehead atoms. The van der Waals surface area contributed by atoms with Crippen LogP contribution in [0.4, 0.5) is 0 Å². The summed E-state index contributed by atoms with van der Waals surface area (Å²) in [6.07, 6.45) is 4.15. The standard InChI is InChI=1S/C14H22N2O/c1-5-14(4,16(6-2)7-3)13(17)12-9-8-10-15-11-12/h8-11H,5-7H2,1-4H3. The number of nitrogens with zero attached hydrogens (tertiary/aromatic N) is 2. The highest BCUT2D eigenvalue weighted by Gasteiger charge is 2.36. The van der Waals surface area contributed by atoms with Gasteiger partial charge in [0.1, 0.15) is 0 Å². The van der Waals surface area contributed by atoms with Crippen LogP contribution in [0.3, 0.4) is 0 Å². The van der Waals surface area contributed by atoms with Crippen LogP contribution in [0.15, 0.2) is 24.5 Å². The first-order valence-electron chi connectivity index (χ1n) is 6.30. The molecule has 3 heteroatoms. The predicted molar refractivity (Wildman–Crippen MR) is 70.2 cm³/mol. The van der Waals surface area contributed by atoms with Crippen LogP contribution < -0.4 is 0 Å². The molecule has 94 valence electrons. The molecule has 3 nitrogen and oxygen atoms in total. The summed E-state index contributed by atoms with van der Waals surface area (Å²) >= 11 is 0. The molecular weight excluding hydrogens is 212 g/mol. The molecule has 0 aliphatic heterocycles. The van der Waals surface area contributed by atoms with Crippen LogP contribution in [0, 0.1) is 0 Å². The molecule has 1 aromatic rings. The van der Waals surface area contributed by atoms with Gasteiger partial charge in [0.05, 0.1) is 5.54 Å². The molecule has 0 spiro atoms. The molecule has 1 heterocycles. The first-order chi connectivity index (χ1) is 8.10. The normalized spacial score (nSPS) is 14.6. The van der Waals surface area contributed by atoms with Crippen molar-refractivity contribution in [3.63, 3.8) is 0 Å². The van der Waals surface area contributed by atoms with E-state index in [4.69, 9.17) is 0 Å². The largest absolute Gasteiger partial charge is 0.292 e. The van der Waals surface area contributed by atoms with Crippen LogP contribution in [0.5, 0.6) is 0 Å². The topological polar surface area (TPSA) is 33.2 Å². The molecular formula is C14H22N2O. The van der Waals surface area contributed by atoms with Gasteiger partial charge >= 0.3 is 0 Å². The third-order valence-electron chi connectivity index (χ3n) is 3.56. The van der Waals surface area contributed by atoms with E-state index in [-0.39, 0.29) is 5.78 Å². The number of carbonyl (C=O) groups excluding carboxylic acids is 1. The Morgan fingerprint density at radius 1 is 1.35 bits per heavy atom. The molecule has 0 N–H and O–H groups in total. The maximum atomic E-state index is 12.6. The van der Waals surface area contributed by atoms with E-state index in [0.717, 1.165) is 19.5 Å². The van der Waals surface area contributed by atoms with Gasteiger partial charge in [0.25, 0.3) is 0 Å². The van der Waals surface area contributed by atoms with Crippen LogP contribution in [-0.4, -0.2) is 34.3 Å². The average molecular weight is 234 g/mol. The Labute approximate surface area is 104 Å². The summed E-state index contributed by atoms with van der Waals surface area (Å²) < 4.78 is 0. The van der Waals surface area contributed by atoms with Gasteiger partial charge in [-0.25, -0.2) is 0 Å². The molecule has 1 aromatic heterocycles. The Morgan fingerprint density at radius 3 is 2.41 bits per heavy atom. The number of likely N-dealkylation sites (N-methyl/N-ethyl adjacent to an activating group) is 1. The van der Waals surface area contributed by atoms with Crippen molar-refractivity contribution in [3.8, 4) is 0 Å². The van der Waals surface area contributed by atoms with Crippen LogP contribution in [0.2, 0.25) is 0 Å². The van der Waals surface area contributed by atoms with Gasteiger partial charge in [0.2, 0.25) is 0 Å². The number of rotatable bonds is 6. The van der Waals surface area contributed by atoms with Gasteiger partial charge in [-0.15, -0.1) is 0 Å². The summed E-state index contributed by atoms with van der Waals surface area (Å²) in [6.45, 7) is 10.0. The second kappa shape index (κ2) is 5.92. The van der Waals surface area contributed by atoms with Crippen molar-refractivity contribution in [1.82, 2.24) is 9.88 Å². The first-order valence-corrected chi connectivity index (χ1v) is 6.30. The maximum absolute atomic E-state index is 12.6. The van der Waals surface area contributed by atoms with Crippen LogP contribution in [0.25, 0.3) is 0 Å². The lowest BCUT2D eigenvalue weighted by molar-refractivity contribution is 0.0607. The summed E-state index contributed by atoms with van der Waals surface area (Å²) in [7, 11) is 0. The van der Waals surface area contributed by atoms with Crippen LogP contribution in [-0.2, 0) is 0 Å². The highest BCUT2D eigenvalue weighted by molar-refractivity contribution is 6.02. The fraction of sp³-hybridized carbons (Fsp3) is 0.571. The van der Waals surface area contributed by atoms with E-state index in [2.05, 4.69) is 30.7 Å². The highest BCUT2D eigenvalue weighted by Crippen LogP contribution is 2.24. The second-order valence-electron chi connectivity index (χ2n) is 4.37. The zero-order valence-corrected chi connectivity index (χ0v) is 11.2. The number of hydrogen-bond donors (Lipinski definition) is 0. The monoisotopic (exact) mass is 234 g/mol. The molecule has 0 amide bonds. The molecule has 1 atom stereocenters. The van der Waals surface area contributed by atoms with Crippen molar-refractivity contribution >= 4 is 5.78 Å². The Hall–Kier alpha value is -1.22. The van der Waals surface area contributed by atoms with Crippen molar-refractivity contribution in [2.75, 3.05) is 13.1 Å². The molecule has 0 aliphatic rings. The van der Waals surface area contributed by atoms with Gasteiger partial charge in [-0.3, -0.25) is 14.7 Å². The number of aromatic nitrogens is 1.